The van der Waals surface area contributed by atoms with E-state index in [0.717, 1.165) is 26.2 Å². The Morgan fingerprint density at radius 1 is 1.08 bits per heavy atom. The van der Waals surface area contributed by atoms with Gasteiger partial charge in [0.1, 0.15) is 5.52 Å². The second kappa shape index (κ2) is 6.37. The molecule has 1 fully saturated rings. The fourth-order valence-electron chi connectivity index (χ4n) is 3.17. The van der Waals surface area contributed by atoms with Crippen molar-refractivity contribution in [2.75, 3.05) is 31.1 Å². The largest absolute Gasteiger partial charge is 0.360 e. The molecular weight excluding hydrogens is 304 g/mol. The third-order valence-electron chi connectivity index (χ3n) is 4.54. The number of aromatic amines is 1. The van der Waals surface area contributed by atoms with Gasteiger partial charge in [-0.05, 0) is 12.1 Å². The number of fused-ring (bicyclic) bond motifs is 1. The minimum atomic E-state index is -0.0610. The van der Waals surface area contributed by atoms with Crippen molar-refractivity contribution in [1.82, 2.24) is 15.0 Å². The summed E-state index contributed by atoms with van der Waals surface area (Å²) >= 11 is 0. The molecule has 0 saturated carbocycles. The molecule has 1 saturated heterocycles. The summed E-state index contributed by atoms with van der Waals surface area (Å²) in [5.74, 6) is 0. The topological polar surface area (TPSA) is 69.6 Å². The monoisotopic (exact) mass is 324 g/mol. The van der Waals surface area contributed by atoms with Crippen LogP contribution in [0.4, 0.5) is 5.69 Å². The molecule has 7 nitrogen and oxygen atoms in total. The molecule has 2 N–H and O–H groups in total. The quantitative estimate of drug-likeness (QED) is 0.669. The predicted octanol–water partition coefficient (Wildman–Crippen LogP) is -1.03. The molecule has 1 aliphatic heterocycles. The first kappa shape index (κ1) is 14.8. The number of quaternary nitrogens is 1. The average molecular weight is 324 g/mol. The summed E-state index contributed by atoms with van der Waals surface area (Å²) in [5.41, 5.74) is 1.82. The highest BCUT2D eigenvalue weighted by molar-refractivity contribution is 5.76. The zero-order valence-electron chi connectivity index (χ0n) is 13.4. The third-order valence-corrected chi connectivity index (χ3v) is 4.54. The number of nitrogens with zero attached hydrogens (tertiary/aromatic N) is 4. The molecule has 0 atom stereocenters. The van der Waals surface area contributed by atoms with E-state index in [2.05, 4.69) is 32.3 Å². The molecule has 0 amide bonds. The van der Waals surface area contributed by atoms with Crippen molar-refractivity contribution in [3.8, 4) is 0 Å². The number of benzene rings is 1. The number of hydrogen-bond acceptors (Lipinski definition) is 4. The lowest BCUT2D eigenvalue weighted by Gasteiger charge is -2.33. The van der Waals surface area contributed by atoms with Crippen LogP contribution in [0.3, 0.4) is 0 Å². The fraction of sp³-hybridized carbons (Fsp3) is 0.294. The van der Waals surface area contributed by atoms with Gasteiger partial charge in [-0.25, -0.2) is 4.98 Å². The molecule has 2 aromatic heterocycles. The molecule has 3 heterocycles. The summed E-state index contributed by atoms with van der Waals surface area (Å²) in [6, 6.07) is 11.5. The van der Waals surface area contributed by atoms with Gasteiger partial charge >= 0.3 is 0 Å². The Hall–Kier alpha value is -2.80. The Morgan fingerprint density at radius 2 is 1.83 bits per heavy atom. The van der Waals surface area contributed by atoms with Gasteiger partial charge in [0.2, 0.25) is 0 Å². The second-order valence-corrected chi connectivity index (χ2v) is 6.06. The van der Waals surface area contributed by atoms with Crippen LogP contribution in [0.5, 0.6) is 0 Å². The first-order valence-electron chi connectivity index (χ1n) is 8.18. The van der Waals surface area contributed by atoms with Crippen molar-refractivity contribution in [2.45, 2.75) is 6.67 Å². The summed E-state index contributed by atoms with van der Waals surface area (Å²) in [6.45, 7) is 4.44. The van der Waals surface area contributed by atoms with E-state index >= 15 is 0 Å². The van der Waals surface area contributed by atoms with Crippen LogP contribution >= 0.6 is 0 Å². The van der Waals surface area contributed by atoms with Crippen molar-refractivity contribution in [2.24, 2.45) is 0 Å². The zero-order valence-corrected chi connectivity index (χ0v) is 13.4. The van der Waals surface area contributed by atoms with Gasteiger partial charge < -0.3 is 9.80 Å². The molecule has 24 heavy (non-hydrogen) atoms. The summed E-state index contributed by atoms with van der Waals surface area (Å²) in [7, 11) is 0. The van der Waals surface area contributed by atoms with Crippen molar-refractivity contribution >= 4 is 16.6 Å². The Kier molecular flexibility index (Phi) is 3.92. The molecule has 1 aromatic carbocycles. The van der Waals surface area contributed by atoms with Crippen LogP contribution in [-0.4, -0.2) is 41.2 Å². The minimum Gasteiger partial charge on any atom is -0.360 e. The van der Waals surface area contributed by atoms with E-state index in [1.807, 2.05) is 36.7 Å². The van der Waals surface area contributed by atoms with Crippen LogP contribution < -0.4 is 20.3 Å². The Bertz CT molecular complexity index is 886. The number of H-pyrrole nitrogens is 1. The molecular formula is C17H20N6O+2. The van der Waals surface area contributed by atoms with Gasteiger partial charge in [0.05, 0.1) is 31.6 Å². The van der Waals surface area contributed by atoms with Crippen molar-refractivity contribution < 1.29 is 9.88 Å². The maximum atomic E-state index is 12.5. The molecule has 4 rings (SSSR count). The SMILES string of the molecule is O=c1c2ccccc2nnn1C[NH+]1CCN(c2cc[nH+]cc2)CC1. The van der Waals surface area contributed by atoms with Gasteiger partial charge in [-0.3, -0.25) is 4.79 Å². The van der Waals surface area contributed by atoms with E-state index in [0.29, 0.717) is 17.6 Å². The highest BCUT2D eigenvalue weighted by atomic mass is 16.1. The Morgan fingerprint density at radius 3 is 2.62 bits per heavy atom. The summed E-state index contributed by atoms with van der Waals surface area (Å²) in [5, 5.41) is 8.88. The summed E-state index contributed by atoms with van der Waals surface area (Å²) < 4.78 is 1.49. The molecule has 3 aromatic rings. The van der Waals surface area contributed by atoms with Crippen LogP contribution in [0.1, 0.15) is 0 Å². The van der Waals surface area contributed by atoms with Crippen LogP contribution in [0, 0.1) is 0 Å². The molecule has 0 bridgehead atoms. The molecule has 0 aliphatic carbocycles. The van der Waals surface area contributed by atoms with E-state index in [1.54, 1.807) is 0 Å². The lowest BCUT2D eigenvalue weighted by molar-refractivity contribution is -0.924. The van der Waals surface area contributed by atoms with E-state index in [1.165, 1.54) is 15.3 Å². The van der Waals surface area contributed by atoms with Crippen molar-refractivity contribution in [3.63, 3.8) is 0 Å². The van der Waals surface area contributed by atoms with Crippen molar-refractivity contribution in [3.05, 3.63) is 59.1 Å². The maximum absolute atomic E-state index is 12.5. The normalized spacial score (nSPS) is 15.8. The molecule has 122 valence electrons. The number of hydrogen-bond donors (Lipinski definition) is 1. The minimum absolute atomic E-state index is 0.0610. The van der Waals surface area contributed by atoms with Crippen LogP contribution in [-0.2, 0) is 6.67 Å². The lowest BCUT2D eigenvalue weighted by atomic mass is 10.2. The molecule has 0 unspecified atom stereocenters. The predicted molar refractivity (Wildman–Crippen MR) is 89.7 cm³/mol. The molecule has 0 spiro atoms. The smallest absolute Gasteiger partial charge is 0.282 e. The Labute approximate surface area is 139 Å². The van der Waals surface area contributed by atoms with Crippen molar-refractivity contribution in [1.29, 1.82) is 0 Å². The first-order valence-corrected chi connectivity index (χ1v) is 8.18. The number of aromatic nitrogens is 4. The third kappa shape index (κ3) is 2.85. The maximum Gasteiger partial charge on any atom is 0.282 e. The molecule has 7 heteroatoms. The highest BCUT2D eigenvalue weighted by Crippen LogP contribution is 2.10. The fourth-order valence-corrected chi connectivity index (χ4v) is 3.17. The van der Waals surface area contributed by atoms with Gasteiger partial charge in [-0.2, -0.15) is 4.68 Å². The number of nitrogens with one attached hydrogen (secondary N) is 2. The zero-order chi connectivity index (χ0) is 16.4. The van der Waals surface area contributed by atoms with Gasteiger partial charge in [0, 0.05) is 17.8 Å². The van der Waals surface area contributed by atoms with Gasteiger partial charge in [0.15, 0.2) is 19.1 Å². The number of anilines is 1. The van der Waals surface area contributed by atoms with Crippen LogP contribution in [0.15, 0.2) is 53.6 Å². The van der Waals surface area contributed by atoms with E-state index in [4.69, 9.17) is 0 Å². The summed E-state index contributed by atoms with van der Waals surface area (Å²) in [6.07, 6.45) is 3.89. The van der Waals surface area contributed by atoms with Crippen LogP contribution in [0.25, 0.3) is 10.9 Å². The van der Waals surface area contributed by atoms with E-state index in [9.17, 15) is 4.79 Å². The summed E-state index contributed by atoms with van der Waals surface area (Å²) in [4.78, 5) is 19.3. The molecule has 1 aliphatic rings. The number of piperazine rings is 1. The van der Waals surface area contributed by atoms with Gasteiger partial charge in [0.25, 0.3) is 5.56 Å². The second-order valence-electron chi connectivity index (χ2n) is 6.06. The van der Waals surface area contributed by atoms with E-state index < -0.39 is 0 Å². The van der Waals surface area contributed by atoms with E-state index in [-0.39, 0.29) is 5.56 Å². The number of pyridine rings is 1. The van der Waals surface area contributed by atoms with Crippen LogP contribution in [0.2, 0.25) is 0 Å². The highest BCUT2D eigenvalue weighted by Gasteiger charge is 2.21. The first-order chi connectivity index (χ1) is 11.8. The van der Waals surface area contributed by atoms with Gasteiger partial charge in [-0.15, -0.1) is 5.10 Å². The molecule has 0 radical (unpaired) electrons. The average Bonchev–Trinajstić information content (AvgIpc) is 2.66. The Balaban J connectivity index is 1.46. The standard InChI is InChI=1S/C17H18N6O/c24-17-15-3-1-2-4-16(15)19-20-23(17)13-21-9-11-22(12-10-21)14-5-7-18-8-6-14/h1-8H,9-13H2/p+2. The number of rotatable bonds is 3. The lowest BCUT2D eigenvalue weighted by Crippen LogP contribution is -3.14. The van der Waals surface area contributed by atoms with Gasteiger partial charge in [-0.1, -0.05) is 17.3 Å².